The zero-order chi connectivity index (χ0) is 43.8. The highest BCUT2D eigenvalue weighted by Crippen LogP contribution is 2.44. The van der Waals surface area contributed by atoms with Gasteiger partial charge >= 0.3 is 37.0 Å². The Hall–Kier alpha value is -5.88. The summed E-state index contributed by atoms with van der Waals surface area (Å²) in [5.41, 5.74) is -6.18. The van der Waals surface area contributed by atoms with Crippen LogP contribution in [0.1, 0.15) is 31.8 Å². The first kappa shape index (κ1) is 47.3. The van der Waals surface area contributed by atoms with E-state index in [1.807, 2.05) is 0 Å². The van der Waals surface area contributed by atoms with Crippen molar-refractivity contribution in [3.8, 4) is 40.2 Å². The highest BCUT2D eigenvalue weighted by molar-refractivity contribution is 9.10. The lowest BCUT2D eigenvalue weighted by atomic mass is 10.1. The van der Waals surface area contributed by atoms with Gasteiger partial charge in [0.05, 0.1) is 14.2 Å². The highest BCUT2D eigenvalue weighted by atomic mass is 79.9. The summed E-state index contributed by atoms with van der Waals surface area (Å²) in [7, 11) is 1.73. The molecule has 57 heavy (non-hydrogen) atoms. The highest BCUT2D eigenvalue weighted by Gasteiger charge is 2.42. The Morgan fingerprint density at radius 3 is 1.26 bits per heavy atom. The number of carboxylic acids is 2. The summed E-state index contributed by atoms with van der Waals surface area (Å²) in [6.07, 6.45) is -19.9. The molecule has 0 aromatic heterocycles. The van der Waals surface area contributed by atoms with Gasteiger partial charge in [-0.05, 0) is 70.5 Å². The van der Waals surface area contributed by atoms with Gasteiger partial charge in [0.25, 0.3) is 0 Å². The maximum absolute atomic E-state index is 14.3. The molecule has 0 saturated heterocycles. The Balaban J connectivity index is 0.000000327. The lowest BCUT2D eigenvalue weighted by Gasteiger charge is -2.17. The number of ether oxygens (including phenoxy) is 5. The van der Waals surface area contributed by atoms with Gasteiger partial charge in [0.1, 0.15) is 62.5 Å². The van der Waals surface area contributed by atoms with Crippen molar-refractivity contribution in [2.24, 2.45) is 0 Å². The zero-order valence-corrected chi connectivity index (χ0v) is 29.2. The smallest absolute Gasteiger partial charge is 0.508 e. The number of halogens is 15. The molecule has 0 heterocycles. The van der Waals surface area contributed by atoms with Crippen LogP contribution in [0.3, 0.4) is 0 Å². The molecule has 4 aromatic carbocycles. The van der Waals surface area contributed by atoms with E-state index < -0.39 is 93.9 Å². The molecule has 0 bridgehead atoms. The molecule has 0 atom stereocenters. The molecule has 4 aromatic rings. The minimum absolute atomic E-state index is 0.107. The van der Waals surface area contributed by atoms with E-state index in [0.29, 0.717) is 6.07 Å². The van der Waals surface area contributed by atoms with E-state index >= 15 is 0 Å². The molecule has 0 aliphatic heterocycles. The van der Waals surface area contributed by atoms with Gasteiger partial charge in [-0.1, -0.05) is 0 Å². The number of rotatable bonds is 8. The van der Waals surface area contributed by atoms with Crippen LogP contribution in [0.15, 0.2) is 65.1 Å². The van der Waals surface area contributed by atoms with E-state index in [-0.39, 0.29) is 21.7 Å². The Kier molecular flexibility index (Phi) is 15.2. The SMILES string of the molecule is COc1cc(Br)c(C(=O)O)c(F)c1C(F)(F)F.COc1cc(Oc2ccc(OC(F)(F)F)cc2)c(C(=O)O)c(F)c1C(F)(F)F.Oc1ccc(OC(F)(F)F)cc1. The average Bonchev–Trinajstić information content (AvgIpc) is 3.03. The number of phenolic OH excluding ortho intramolecular Hbond substituents is 1. The Labute approximate surface area is 316 Å². The summed E-state index contributed by atoms with van der Waals surface area (Å²) in [5, 5.41) is 26.4. The van der Waals surface area contributed by atoms with Gasteiger partial charge in [-0.15, -0.1) is 26.3 Å². The predicted molar refractivity (Wildman–Crippen MR) is 166 cm³/mol. The van der Waals surface area contributed by atoms with Gasteiger partial charge in [0.15, 0.2) is 11.6 Å². The molecule has 3 N–H and O–H groups in total. The van der Waals surface area contributed by atoms with Crippen molar-refractivity contribution >= 4 is 27.9 Å². The maximum atomic E-state index is 14.3. The van der Waals surface area contributed by atoms with Gasteiger partial charge in [-0.2, -0.15) is 26.3 Å². The Morgan fingerprint density at radius 2 is 0.912 bits per heavy atom. The number of carboxylic acid groups (broad SMARTS) is 2. The average molecular weight is 909 g/mol. The molecule has 0 amide bonds. The van der Waals surface area contributed by atoms with Gasteiger partial charge in [0.2, 0.25) is 0 Å². The van der Waals surface area contributed by atoms with Crippen LogP contribution in [0.2, 0.25) is 0 Å². The van der Waals surface area contributed by atoms with E-state index in [1.54, 1.807) is 0 Å². The van der Waals surface area contributed by atoms with Crippen molar-refractivity contribution in [2.75, 3.05) is 14.2 Å². The fourth-order valence-electron chi connectivity index (χ4n) is 4.01. The molecule has 0 fully saturated rings. The van der Waals surface area contributed by atoms with Crippen LogP contribution in [-0.4, -0.2) is 54.2 Å². The quantitative estimate of drug-likeness (QED) is 0.146. The number of carbonyl (C=O) groups is 2. The molecule has 0 aliphatic rings. The van der Waals surface area contributed by atoms with Crippen LogP contribution in [0.4, 0.5) is 61.5 Å². The maximum Gasteiger partial charge on any atom is 0.573 e. The van der Waals surface area contributed by atoms with E-state index in [4.69, 9.17) is 20.1 Å². The van der Waals surface area contributed by atoms with E-state index in [2.05, 4.69) is 34.9 Å². The molecule has 10 nitrogen and oxygen atoms in total. The van der Waals surface area contributed by atoms with Gasteiger partial charge in [-0.3, -0.25) is 0 Å². The fourth-order valence-corrected chi connectivity index (χ4v) is 4.56. The fraction of sp³-hybridized carbons (Fsp3) is 0.188. The third-order valence-corrected chi connectivity index (χ3v) is 6.79. The van der Waals surface area contributed by atoms with Gasteiger partial charge in [0, 0.05) is 10.5 Å². The van der Waals surface area contributed by atoms with E-state index in [1.165, 1.54) is 0 Å². The summed E-state index contributed by atoms with van der Waals surface area (Å²) in [5.74, 6) is -11.9. The second-order valence-corrected chi connectivity index (χ2v) is 10.9. The second-order valence-electron chi connectivity index (χ2n) is 10.0. The van der Waals surface area contributed by atoms with Crippen LogP contribution >= 0.6 is 15.9 Å². The molecule has 312 valence electrons. The molecule has 4 rings (SSSR count). The molecule has 0 unspecified atom stereocenters. The number of alkyl halides is 12. The molecular formula is C32H19BrF14O10. The first-order valence-electron chi connectivity index (χ1n) is 14.2. The summed E-state index contributed by atoms with van der Waals surface area (Å²) in [6, 6.07) is 8.99. The topological polar surface area (TPSA) is 141 Å². The monoisotopic (exact) mass is 908 g/mol. The predicted octanol–water partition coefficient (Wildman–Crippen LogP) is 10.8. The molecule has 25 heteroatoms. The van der Waals surface area contributed by atoms with E-state index in [0.717, 1.165) is 68.8 Å². The van der Waals surface area contributed by atoms with Crippen molar-refractivity contribution in [3.05, 3.63) is 99.0 Å². The number of hydrogen-bond acceptors (Lipinski definition) is 8. The van der Waals surface area contributed by atoms with E-state index in [9.17, 15) is 71.1 Å². The van der Waals surface area contributed by atoms with Crippen molar-refractivity contribution in [1.29, 1.82) is 0 Å². The van der Waals surface area contributed by atoms with Crippen molar-refractivity contribution in [1.82, 2.24) is 0 Å². The molecule has 0 radical (unpaired) electrons. The van der Waals surface area contributed by atoms with Gasteiger partial charge < -0.3 is 39.0 Å². The van der Waals surface area contributed by atoms with Crippen molar-refractivity contribution < 1.29 is 110 Å². The second kappa shape index (κ2) is 18.4. The summed E-state index contributed by atoms with van der Waals surface area (Å²) >= 11 is 2.67. The molecule has 0 aliphatic carbocycles. The summed E-state index contributed by atoms with van der Waals surface area (Å²) < 4.78 is 196. The minimum Gasteiger partial charge on any atom is -0.508 e. The molecule has 0 spiro atoms. The lowest BCUT2D eigenvalue weighted by Crippen LogP contribution is -2.17. The first-order valence-corrected chi connectivity index (χ1v) is 15.0. The standard InChI is InChI=1S/C16H9F7O5.C9H5BrF4O3.C7H5F3O2/c1-26-10-6-9(11(14(24)25)13(17)12(10)15(18,19)20)27-7-2-4-8(5-3-7)28-16(21,22)23;1-17-4-2-3(10)5(8(15)16)7(11)6(4)9(12,13)14;8-7(9,10)12-6-3-1-5(11)2-4-6/h2-6H,1H3,(H,24,25);2H,1H3,(H,15,16);1-4,11H. The third kappa shape index (κ3) is 13.7. The lowest BCUT2D eigenvalue weighted by molar-refractivity contribution is -0.275. The minimum atomic E-state index is -5.26. The normalized spacial score (nSPS) is 11.6. The van der Waals surface area contributed by atoms with Crippen LogP contribution in [0, 0.1) is 11.6 Å². The summed E-state index contributed by atoms with van der Waals surface area (Å²) in [6.45, 7) is 0. The largest absolute Gasteiger partial charge is 0.573 e. The number of hydrogen-bond donors (Lipinski definition) is 3. The van der Waals surface area contributed by atoms with Crippen LogP contribution < -0.4 is 23.7 Å². The summed E-state index contributed by atoms with van der Waals surface area (Å²) in [4.78, 5) is 21.9. The molecule has 0 saturated carbocycles. The molecular weight excluding hydrogens is 890 g/mol. The van der Waals surface area contributed by atoms with Crippen LogP contribution in [0.5, 0.6) is 40.2 Å². The first-order chi connectivity index (χ1) is 26.0. The number of phenols is 1. The zero-order valence-electron chi connectivity index (χ0n) is 27.6. The van der Waals surface area contributed by atoms with Gasteiger partial charge in [-0.25, -0.2) is 18.4 Å². The van der Waals surface area contributed by atoms with Crippen molar-refractivity contribution in [3.63, 3.8) is 0 Å². The number of aromatic hydroxyl groups is 1. The number of aromatic carboxylic acids is 2. The van der Waals surface area contributed by atoms with Crippen molar-refractivity contribution in [2.45, 2.75) is 25.1 Å². The van der Waals surface area contributed by atoms with Crippen LogP contribution in [-0.2, 0) is 12.4 Å². The third-order valence-electron chi connectivity index (χ3n) is 6.17. The Bertz CT molecular complexity index is 2030. The van der Waals surface area contributed by atoms with Crippen LogP contribution in [0.25, 0.3) is 0 Å². The Morgan fingerprint density at radius 1 is 0.561 bits per heavy atom. The number of methoxy groups -OCH3 is 2. The number of benzene rings is 4.